The second-order valence-electron chi connectivity index (χ2n) is 6.79. The molecule has 1 unspecified atom stereocenters. The number of carbonyl (C=O) groups excluding carboxylic acids is 1. The van der Waals surface area contributed by atoms with Crippen molar-refractivity contribution in [2.45, 2.75) is 25.8 Å². The molecule has 0 spiro atoms. The van der Waals surface area contributed by atoms with Crippen molar-refractivity contribution in [2.75, 3.05) is 20.8 Å². The number of aryl methyl sites for hydroxylation is 1. The van der Waals surface area contributed by atoms with Crippen LogP contribution in [-0.2, 0) is 11.2 Å². The van der Waals surface area contributed by atoms with Crippen LogP contribution < -0.4 is 9.47 Å². The number of rotatable bonds is 5. The Bertz CT molecular complexity index is 907. The van der Waals surface area contributed by atoms with Crippen LogP contribution in [0.4, 0.5) is 4.39 Å². The molecule has 0 bridgehead atoms. The quantitative estimate of drug-likeness (QED) is 0.851. The van der Waals surface area contributed by atoms with Crippen LogP contribution in [0.15, 0.2) is 30.3 Å². The van der Waals surface area contributed by atoms with Gasteiger partial charge in [0.25, 0.3) is 5.91 Å². The highest BCUT2D eigenvalue weighted by Gasteiger charge is 2.34. The number of hydrogen-bond donors (Lipinski definition) is 1. The van der Waals surface area contributed by atoms with Crippen molar-refractivity contribution < 1.29 is 28.6 Å². The van der Waals surface area contributed by atoms with Crippen LogP contribution in [0.2, 0.25) is 0 Å². The maximum atomic E-state index is 13.8. The van der Waals surface area contributed by atoms with Crippen LogP contribution in [0.3, 0.4) is 0 Å². The van der Waals surface area contributed by atoms with Crippen LogP contribution in [0.25, 0.3) is 0 Å². The van der Waals surface area contributed by atoms with Crippen LogP contribution in [-0.4, -0.2) is 42.6 Å². The number of hydrogen-bond acceptors (Lipinski definition) is 4. The van der Waals surface area contributed by atoms with Crippen LogP contribution in [0.5, 0.6) is 11.5 Å². The van der Waals surface area contributed by atoms with Gasteiger partial charge in [-0.05, 0) is 60.4 Å². The minimum atomic E-state index is -1.03. The zero-order valence-electron chi connectivity index (χ0n) is 16.0. The minimum Gasteiger partial charge on any atom is -0.493 e. The molecule has 0 aliphatic carbocycles. The molecule has 3 rings (SSSR count). The summed E-state index contributed by atoms with van der Waals surface area (Å²) in [6, 6.07) is 6.98. The average Bonchev–Trinajstić information content (AvgIpc) is 2.65. The summed E-state index contributed by atoms with van der Waals surface area (Å²) in [5, 5.41) is 9.42. The van der Waals surface area contributed by atoms with Gasteiger partial charge in [-0.15, -0.1) is 0 Å². The first-order chi connectivity index (χ1) is 13.3. The molecule has 1 atom stereocenters. The first kappa shape index (κ1) is 19.7. The number of amides is 1. The smallest absolute Gasteiger partial charge is 0.305 e. The van der Waals surface area contributed by atoms with Crippen molar-refractivity contribution in [1.82, 2.24) is 4.90 Å². The molecule has 1 aliphatic heterocycles. The van der Waals surface area contributed by atoms with E-state index in [4.69, 9.17) is 9.47 Å². The summed E-state index contributed by atoms with van der Waals surface area (Å²) in [4.78, 5) is 26.1. The fourth-order valence-electron chi connectivity index (χ4n) is 3.68. The average molecular weight is 387 g/mol. The summed E-state index contributed by atoms with van der Waals surface area (Å²) < 4.78 is 24.5. The lowest BCUT2D eigenvalue weighted by Gasteiger charge is -2.37. The van der Waals surface area contributed by atoms with E-state index in [-0.39, 0.29) is 12.0 Å². The van der Waals surface area contributed by atoms with Gasteiger partial charge >= 0.3 is 5.97 Å². The van der Waals surface area contributed by atoms with Crippen LogP contribution in [0.1, 0.15) is 39.5 Å². The third kappa shape index (κ3) is 3.78. The van der Waals surface area contributed by atoms with Crippen LogP contribution in [0, 0.1) is 12.7 Å². The predicted octanol–water partition coefficient (Wildman–Crippen LogP) is 3.37. The molecular weight excluding hydrogens is 365 g/mol. The van der Waals surface area contributed by atoms with Gasteiger partial charge in [-0.1, -0.05) is 0 Å². The van der Waals surface area contributed by atoms with E-state index in [0.29, 0.717) is 35.6 Å². The van der Waals surface area contributed by atoms with Crippen molar-refractivity contribution >= 4 is 11.9 Å². The Kier molecular flexibility index (Phi) is 5.53. The lowest BCUT2D eigenvalue weighted by molar-refractivity contribution is -0.138. The molecule has 1 amide bonds. The van der Waals surface area contributed by atoms with Gasteiger partial charge in [-0.2, -0.15) is 0 Å². The number of carboxylic acids is 1. The minimum absolute atomic E-state index is 0.205. The molecule has 7 heteroatoms. The maximum Gasteiger partial charge on any atom is 0.305 e. The van der Waals surface area contributed by atoms with Gasteiger partial charge in [-0.3, -0.25) is 9.59 Å². The molecule has 6 nitrogen and oxygen atoms in total. The Balaban J connectivity index is 2.05. The zero-order valence-corrected chi connectivity index (χ0v) is 16.0. The number of halogens is 1. The maximum absolute atomic E-state index is 13.8. The standard InChI is InChI=1S/C21H22FNO5/c1-12-6-14(8-15(22)7-12)21(26)23-5-4-13-9-18(27-2)19(28-3)10-16(13)17(23)11-20(24)25/h6-10,17H,4-5,11H2,1-3H3,(H,24,25). The second-order valence-corrected chi connectivity index (χ2v) is 6.79. The normalized spacial score (nSPS) is 15.7. The Hall–Kier alpha value is -3.09. The molecule has 0 fully saturated rings. The third-order valence-corrected chi connectivity index (χ3v) is 4.92. The molecule has 28 heavy (non-hydrogen) atoms. The van der Waals surface area contributed by atoms with Crippen molar-refractivity contribution in [3.8, 4) is 11.5 Å². The Morgan fingerprint density at radius 2 is 1.82 bits per heavy atom. The molecule has 148 valence electrons. The summed E-state index contributed by atoms with van der Waals surface area (Å²) in [6.07, 6.45) is 0.272. The second kappa shape index (κ2) is 7.88. The summed E-state index contributed by atoms with van der Waals surface area (Å²) >= 11 is 0. The van der Waals surface area contributed by atoms with E-state index in [9.17, 15) is 19.1 Å². The van der Waals surface area contributed by atoms with Gasteiger partial charge in [0.2, 0.25) is 0 Å². The first-order valence-corrected chi connectivity index (χ1v) is 8.88. The lowest BCUT2D eigenvalue weighted by atomic mass is 9.89. The molecule has 0 aromatic heterocycles. The van der Waals surface area contributed by atoms with Crippen molar-refractivity contribution in [3.05, 3.63) is 58.4 Å². The molecule has 0 radical (unpaired) electrons. The summed E-state index contributed by atoms with van der Waals surface area (Å²) in [5.74, 6) is -0.902. The highest BCUT2D eigenvalue weighted by atomic mass is 19.1. The number of aliphatic carboxylic acids is 1. The van der Waals surface area contributed by atoms with E-state index in [1.54, 1.807) is 19.1 Å². The highest BCUT2D eigenvalue weighted by Crippen LogP contribution is 2.40. The number of benzene rings is 2. The molecule has 0 saturated carbocycles. The monoisotopic (exact) mass is 387 g/mol. The Morgan fingerprint density at radius 1 is 1.14 bits per heavy atom. The number of methoxy groups -OCH3 is 2. The SMILES string of the molecule is COc1cc2c(cc1OC)C(CC(=O)O)N(C(=O)c1cc(C)cc(F)c1)CC2. The van der Waals surface area contributed by atoms with E-state index in [1.165, 1.54) is 31.3 Å². The lowest BCUT2D eigenvalue weighted by Crippen LogP contribution is -2.41. The van der Waals surface area contributed by atoms with E-state index >= 15 is 0 Å². The van der Waals surface area contributed by atoms with Gasteiger partial charge < -0.3 is 19.5 Å². The molecule has 0 saturated heterocycles. The van der Waals surface area contributed by atoms with E-state index in [0.717, 1.165) is 5.56 Å². The number of nitrogens with zero attached hydrogens (tertiary/aromatic N) is 1. The largest absolute Gasteiger partial charge is 0.493 e. The summed E-state index contributed by atoms with van der Waals surface area (Å²) in [7, 11) is 3.03. The van der Waals surface area contributed by atoms with Crippen molar-refractivity contribution in [3.63, 3.8) is 0 Å². The summed E-state index contributed by atoms with van der Waals surface area (Å²) in [5.41, 5.74) is 2.44. The number of carbonyl (C=O) groups is 2. The molecule has 1 N–H and O–H groups in total. The van der Waals surface area contributed by atoms with Gasteiger partial charge in [0.1, 0.15) is 5.82 Å². The topological polar surface area (TPSA) is 76.1 Å². The molecule has 2 aromatic carbocycles. The van der Waals surface area contributed by atoms with Crippen LogP contribution >= 0.6 is 0 Å². The van der Waals surface area contributed by atoms with E-state index in [2.05, 4.69) is 0 Å². The Morgan fingerprint density at radius 3 is 2.43 bits per heavy atom. The van der Waals surface area contributed by atoms with Crippen molar-refractivity contribution in [2.24, 2.45) is 0 Å². The molecule has 1 aliphatic rings. The van der Waals surface area contributed by atoms with Gasteiger partial charge in [0.05, 0.1) is 26.7 Å². The number of fused-ring (bicyclic) bond motifs is 1. The van der Waals surface area contributed by atoms with Gasteiger partial charge in [0.15, 0.2) is 11.5 Å². The molecule has 2 aromatic rings. The fraction of sp³-hybridized carbons (Fsp3) is 0.333. The fourth-order valence-corrected chi connectivity index (χ4v) is 3.68. The van der Waals surface area contributed by atoms with E-state index in [1.807, 2.05) is 6.07 Å². The predicted molar refractivity (Wildman–Crippen MR) is 100 cm³/mol. The number of ether oxygens (including phenoxy) is 2. The Labute approximate surface area is 162 Å². The van der Waals surface area contributed by atoms with E-state index < -0.39 is 23.7 Å². The van der Waals surface area contributed by atoms with Crippen molar-refractivity contribution in [1.29, 1.82) is 0 Å². The molecular formula is C21H22FNO5. The zero-order chi connectivity index (χ0) is 20.4. The third-order valence-electron chi connectivity index (χ3n) is 4.92. The highest BCUT2D eigenvalue weighted by molar-refractivity contribution is 5.95. The summed E-state index contributed by atoms with van der Waals surface area (Å²) in [6.45, 7) is 2.03. The first-order valence-electron chi connectivity index (χ1n) is 8.88. The number of carboxylic acid groups (broad SMARTS) is 1. The van der Waals surface area contributed by atoms with Gasteiger partial charge in [-0.25, -0.2) is 4.39 Å². The van der Waals surface area contributed by atoms with Gasteiger partial charge in [0, 0.05) is 12.1 Å². The molecule has 1 heterocycles.